The minimum Gasteiger partial charge on any atom is -0.441 e. The Labute approximate surface area is 157 Å². The van der Waals surface area contributed by atoms with Crippen LogP contribution in [0, 0.1) is 0 Å². The number of hydrogen-bond donors (Lipinski definition) is 1. The molecule has 1 N–H and O–H groups in total. The molecular formula is C22H19N3O2. The third-order valence-electron chi connectivity index (χ3n) is 4.34. The summed E-state index contributed by atoms with van der Waals surface area (Å²) in [6, 6.07) is 19.3. The van der Waals surface area contributed by atoms with Crippen LogP contribution in [0.25, 0.3) is 11.1 Å². The van der Waals surface area contributed by atoms with Gasteiger partial charge in [0, 0.05) is 30.9 Å². The summed E-state index contributed by atoms with van der Waals surface area (Å²) in [5, 5.41) is 2.89. The lowest BCUT2D eigenvalue weighted by molar-refractivity contribution is 0.0951. The first-order valence-electron chi connectivity index (χ1n) is 8.88. The van der Waals surface area contributed by atoms with E-state index in [2.05, 4.69) is 27.4 Å². The molecule has 2 aromatic carbocycles. The zero-order chi connectivity index (χ0) is 18.5. The van der Waals surface area contributed by atoms with E-state index in [1.807, 2.05) is 36.4 Å². The summed E-state index contributed by atoms with van der Waals surface area (Å²) in [6.45, 7) is 0.434. The molecule has 0 unspecified atom stereocenters. The standard InChI is InChI=1S/C22H19N3O2/c26-22(24-15-17-7-4-12-23-14-17)18-9-10-19-20(13-18)27-21(25-19)11-8-16-5-2-1-3-6-16/h1-7,9-10,12-14H,8,11,15H2,(H,24,26). The lowest BCUT2D eigenvalue weighted by Gasteiger charge is -2.04. The van der Waals surface area contributed by atoms with E-state index >= 15 is 0 Å². The molecule has 134 valence electrons. The normalized spacial score (nSPS) is 10.8. The largest absolute Gasteiger partial charge is 0.441 e. The van der Waals surface area contributed by atoms with Gasteiger partial charge in [-0.25, -0.2) is 4.98 Å². The van der Waals surface area contributed by atoms with E-state index in [1.165, 1.54) is 5.56 Å². The van der Waals surface area contributed by atoms with Gasteiger partial charge in [-0.1, -0.05) is 36.4 Å². The summed E-state index contributed by atoms with van der Waals surface area (Å²) in [4.78, 5) is 20.9. The number of fused-ring (bicyclic) bond motifs is 1. The Morgan fingerprint density at radius 1 is 0.963 bits per heavy atom. The van der Waals surface area contributed by atoms with Crippen LogP contribution in [0.5, 0.6) is 0 Å². The second kappa shape index (κ2) is 7.83. The Hall–Kier alpha value is -3.47. The fourth-order valence-electron chi connectivity index (χ4n) is 2.90. The molecule has 0 atom stereocenters. The summed E-state index contributed by atoms with van der Waals surface area (Å²) in [5.74, 6) is 0.532. The van der Waals surface area contributed by atoms with Crippen molar-refractivity contribution in [2.45, 2.75) is 19.4 Å². The van der Waals surface area contributed by atoms with Crippen molar-refractivity contribution in [1.29, 1.82) is 0 Å². The highest BCUT2D eigenvalue weighted by molar-refractivity contribution is 5.96. The molecule has 0 saturated heterocycles. The molecule has 1 amide bonds. The molecular weight excluding hydrogens is 338 g/mol. The van der Waals surface area contributed by atoms with Crippen LogP contribution in [-0.2, 0) is 19.4 Å². The number of nitrogens with one attached hydrogen (secondary N) is 1. The number of nitrogens with zero attached hydrogens (tertiary/aromatic N) is 2. The summed E-state index contributed by atoms with van der Waals surface area (Å²) < 4.78 is 5.84. The van der Waals surface area contributed by atoms with Gasteiger partial charge >= 0.3 is 0 Å². The molecule has 0 saturated carbocycles. The molecule has 27 heavy (non-hydrogen) atoms. The second-order valence-corrected chi connectivity index (χ2v) is 6.32. The van der Waals surface area contributed by atoms with Crippen LogP contribution >= 0.6 is 0 Å². The van der Waals surface area contributed by atoms with Gasteiger partial charge in [0.25, 0.3) is 5.91 Å². The lowest BCUT2D eigenvalue weighted by Crippen LogP contribution is -2.22. The number of aromatic nitrogens is 2. The Morgan fingerprint density at radius 2 is 1.81 bits per heavy atom. The van der Waals surface area contributed by atoms with Gasteiger partial charge in [-0.3, -0.25) is 9.78 Å². The molecule has 0 radical (unpaired) electrons. The number of amides is 1. The average Bonchev–Trinajstić information content (AvgIpc) is 3.14. The summed E-state index contributed by atoms with van der Waals surface area (Å²) in [6.07, 6.45) is 5.03. The van der Waals surface area contributed by atoms with Gasteiger partial charge in [-0.15, -0.1) is 0 Å². The van der Waals surface area contributed by atoms with Crippen LogP contribution in [0.4, 0.5) is 0 Å². The molecule has 4 aromatic rings. The first kappa shape index (κ1) is 17.0. The number of aryl methyl sites for hydroxylation is 2. The topological polar surface area (TPSA) is 68.0 Å². The molecule has 0 fully saturated rings. The number of benzene rings is 2. The van der Waals surface area contributed by atoms with Crippen molar-refractivity contribution in [3.05, 3.63) is 95.6 Å². The monoisotopic (exact) mass is 357 g/mol. The Kier molecular flexibility index (Phi) is 4.92. The first-order valence-corrected chi connectivity index (χ1v) is 8.88. The molecule has 0 aliphatic heterocycles. The predicted molar refractivity (Wildman–Crippen MR) is 103 cm³/mol. The third-order valence-corrected chi connectivity index (χ3v) is 4.34. The van der Waals surface area contributed by atoms with Crippen LogP contribution in [-0.4, -0.2) is 15.9 Å². The number of hydrogen-bond acceptors (Lipinski definition) is 4. The van der Waals surface area contributed by atoms with E-state index in [-0.39, 0.29) is 5.91 Å². The van der Waals surface area contributed by atoms with Gasteiger partial charge < -0.3 is 9.73 Å². The minimum atomic E-state index is -0.150. The van der Waals surface area contributed by atoms with Crippen molar-refractivity contribution in [3.8, 4) is 0 Å². The Bertz CT molecular complexity index is 1040. The fourth-order valence-corrected chi connectivity index (χ4v) is 2.90. The van der Waals surface area contributed by atoms with Gasteiger partial charge in [0.05, 0.1) is 0 Å². The van der Waals surface area contributed by atoms with Crippen LogP contribution in [0.2, 0.25) is 0 Å². The maximum Gasteiger partial charge on any atom is 0.251 e. The van der Waals surface area contributed by atoms with E-state index < -0.39 is 0 Å². The van der Waals surface area contributed by atoms with Crippen LogP contribution in [0.3, 0.4) is 0 Å². The van der Waals surface area contributed by atoms with Gasteiger partial charge in [-0.05, 0) is 41.8 Å². The number of carbonyl (C=O) groups excluding carboxylic acids is 1. The second-order valence-electron chi connectivity index (χ2n) is 6.32. The van der Waals surface area contributed by atoms with Crippen molar-refractivity contribution < 1.29 is 9.21 Å². The summed E-state index contributed by atoms with van der Waals surface area (Å²) in [7, 11) is 0. The SMILES string of the molecule is O=C(NCc1cccnc1)c1ccc2nc(CCc3ccccc3)oc2c1. The Balaban J connectivity index is 1.43. The maximum atomic E-state index is 12.4. The van der Waals surface area contributed by atoms with Crippen LogP contribution in [0.15, 0.2) is 77.5 Å². The minimum absolute atomic E-state index is 0.150. The van der Waals surface area contributed by atoms with Gasteiger partial charge in [0.2, 0.25) is 0 Å². The molecule has 0 bridgehead atoms. The molecule has 0 aliphatic carbocycles. The zero-order valence-corrected chi connectivity index (χ0v) is 14.8. The van der Waals surface area contributed by atoms with Crippen molar-refractivity contribution >= 4 is 17.0 Å². The number of oxazole rings is 1. The third kappa shape index (κ3) is 4.20. The predicted octanol–water partition coefficient (Wildman–Crippen LogP) is 3.94. The summed E-state index contributed by atoms with van der Waals surface area (Å²) in [5.41, 5.74) is 4.15. The molecule has 5 heteroatoms. The molecule has 2 aromatic heterocycles. The smallest absolute Gasteiger partial charge is 0.251 e. The zero-order valence-electron chi connectivity index (χ0n) is 14.8. The highest BCUT2D eigenvalue weighted by atomic mass is 16.3. The van der Waals surface area contributed by atoms with E-state index in [4.69, 9.17) is 4.42 Å². The summed E-state index contributed by atoms with van der Waals surface area (Å²) >= 11 is 0. The number of rotatable bonds is 6. The highest BCUT2D eigenvalue weighted by Crippen LogP contribution is 2.19. The molecule has 4 rings (SSSR count). The van der Waals surface area contributed by atoms with Gasteiger partial charge in [0.1, 0.15) is 5.52 Å². The van der Waals surface area contributed by atoms with Crippen molar-refractivity contribution in [3.63, 3.8) is 0 Å². The lowest BCUT2D eigenvalue weighted by atomic mass is 10.1. The molecule has 5 nitrogen and oxygen atoms in total. The first-order chi connectivity index (χ1) is 13.3. The number of carbonyl (C=O) groups is 1. The van der Waals surface area contributed by atoms with E-state index in [9.17, 15) is 4.79 Å². The van der Waals surface area contributed by atoms with E-state index in [1.54, 1.807) is 24.5 Å². The van der Waals surface area contributed by atoms with Crippen LogP contribution in [0.1, 0.15) is 27.4 Å². The average molecular weight is 357 g/mol. The quantitative estimate of drug-likeness (QED) is 0.567. The molecule has 0 aliphatic rings. The van der Waals surface area contributed by atoms with Crippen molar-refractivity contribution in [1.82, 2.24) is 15.3 Å². The fraction of sp³-hybridized carbons (Fsp3) is 0.136. The van der Waals surface area contributed by atoms with Gasteiger partial charge in [0.15, 0.2) is 11.5 Å². The highest BCUT2D eigenvalue weighted by Gasteiger charge is 2.11. The number of pyridine rings is 1. The van der Waals surface area contributed by atoms with Crippen molar-refractivity contribution in [2.75, 3.05) is 0 Å². The molecule has 2 heterocycles. The Morgan fingerprint density at radius 3 is 2.63 bits per heavy atom. The van der Waals surface area contributed by atoms with Gasteiger partial charge in [-0.2, -0.15) is 0 Å². The molecule has 0 spiro atoms. The van der Waals surface area contributed by atoms with Crippen LogP contribution < -0.4 is 5.32 Å². The van der Waals surface area contributed by atoms with Crippen molar-refractivity contribution in [2.24, 2.45) is 0 Å². The van der Waals surface area contributed by atoms with E-state index in [0.29, 0.717) is 23.6 Å². The maximum absolute atomic E-state index is 12.4. The van der Waals surface area contributed by atoms with E-state index in [0.717, 1.165) is 23.9 Å².